The number of rotatable bonds is 6. The molecular weight excluding hydrogens is 462 g/mol. The van der Waals surface area contributed by atoms with Gasteiger partial charge in [0.25, 0.3) is 0 Å². The Kier molecular flexibility index (Phi) is 7.19. The molecule has 0 spiro atoms. The number of carbonyl (C=O) groups excluding carboxylic acids is 1. The Morgan fingerprint density at radius 3 is 2.39 bits per heavy atom. The van der Waals surface area contributed by atoms with Crippen LogP contribution in [0.1, 0.15) is 44.2 Å². The summed E-state index contributed by atoms with van der Waals surface area (Å²) >= 11 is 0. The molecule has 2 atom stereocenters. The van der Waals surface area contributed by atoms with Gasteiger partial charge in [-0.3, -0.25) is 9.69 Å². The van der Waals surface area contributed by atoms with Gasteiger partial charge in [-0.25, -0.2) is 16.8 Å². The summed E-state index contributed by atoms with van der Waals surface area (Å²) in [4.78, 5) is 17.2. The second kappa shape index (κ2) is 9.64. The molecule has 2 aliphatic heterocycles. The molecule has 0 saturated carbocycles. The monoisotopic (exact) mass is 497 g/mol. The van der Waals surface area contributed by atoms with Gasteiger partial charge in [0.15, 0.2) is 9.84 Å². The largest absolute Gasteiger partial charge is 0.338 e. The normalized spacial score (nSPS) is 24.8. The molecule has 184 valence electrons. The second-order valence-electron chi connectivity index (χ2n) is 9.43. The number of piperazine rings is 1. The first-order valence-electron chi connectivity index (χ1n) is 12.0. The third kappa shape index (κ3) is 5.13. The maximum absolute atomic E-state index is 13.2. The minimum atomic E-state index is -3.57. The number of fused-ring (bicyclic) bond motifs is 1. The number of sulfone groups is 1. The van der Waals surface area contributed by atoms with Crippen LogP contribution in [0, 0.1) is 0 Å². The molecule has 0 bridgehead atoms. The van der Waals surface area contributed by atoms with Gasteiger partial charge in [-0.15, -0.1) is 0 Å². The fraction of sp³-hybridized carbons (Fsp3) is 0.696. The van der Waals surface area contributed by atoms with E-state index in [0.29, 0.717) is 44.0 Å². The summed E-state index contributed by atoms with van der Waals surface area (Å²) in [6.07, 6.45) is 4.69. The van der Waals surface area contributed by atoms with Crippen LogP contribution >= 0.6 is 0 Å². The van der Waals surface area contributed by atoms with Crippen LogP contribution in [0.2, 0.25) is 0 Å². The SMILES string of the molecule is CCN(C(=O)[C@H](C)N1CCN(S(=O)(=O)c2ccc3c(c2)CCCC3)CC1)[C@@H]1CCS(=O)(=O)C1. The summed E-state index contributed by atoms with van der Waals surface area (Å²) in [6.45, 7) is 5.79. The molecule has 8 nitrogen and oxygen atoms in total. The average molecular weight is 498 g/mol. The van der Waals surface area contributed by atoms with E-state index in [-0.39, 0.29) is 23.5 Å². The maximum atomic E-state index is 13.2. The third-order valence-corrected chi connectivity index (χ3v) is 11.1. The van der Waals surface area contributed by atoms with Crippen molar-refractivity contribution in [1.82, 2.24) is 14.1 Å². The first kappa shape index (κ1) is 24.6. The summed E-state index contributed by atoms with van der Waals surface area (Å²) < 4.78 is 51.8. The summed E-state index contributed by atoms with van der Waals surface area (Å²) in [7, 11) is -6.64. The van der Waals surface area contributed by atoms with Crippen LogP contribution in [0.15, 0.2) is 23.1 Å². The van der Waals surface area contributed by atoms with Crippen molar-refractivity contribution in [3.63, 3.8) is 0 Å². The zero-order chi connectivity index (χ0) is 23.8. The van der Waals surface area contributed by atoms with Gasteiger partial charge in [0, 0.05) is 38.8 Å². The molecular formula is C23H35N3O5S2. The molecule has 0 radical (unpaired) electrons. The molecule has 1 amide bonds. The Morgan fingerprint density at radius 1 is 1.12 bits per heavy atom. The van der Waals surface area contributed by atoms with E-state index < -0.39 is 25.9 Å². The van der Waals surface area contributed by atoms with Crippen molar-refractivity contribution in [2.24, 2.45) is 0 Å². The van der Waals surface area contributed by atoms with Crippen LogP contribution in [-0.4, -0.2) is 93.2 Å². The molecule has 1 aromatic rings. The van der Waals surface area contributed by atoms with E-state index in [1.54, 1.807) is 11.0 Å². The molecule has 33 heavy (non-hydrogen) atoms. The van der Waals surface area contributed by atoms with Crippen LogP contribution in [-0.2, 0) is 37.5 Å². The van der Waals surface area contributed by atoms with Crippen LogP contribution in [0.5, 0.6) is 0 Å². The van der Waals surface area contributed by atoms with Crippen LogP contribution in [0.3, 0.4) is 0 Å². The van der Waals surface area contributed by atoms with Crippen molar-refractivity contribution in [3.05, 3.63) is 29.3 Å². The standard InChI is InChI=1S/C23H35N3O5S2/c1-3-26(21-10-15-32(28,29)17-21)23(27)18(2)24-11-13-25(14-12-24)33(30,31)22-9-8-19-6-4-5-7-20(19)16-22/h8-9,16,18,21H,3-7,10-15,17H2,1-2H3/t18-,21+/m0/s1. The fourth-order valence-electron chi connectivity index (χ4n) is 5.36. The van der Waals surface area contributed by atoms with E-state index in [9.17, 15) is 21.6 Å². The highest BCUT2D eigenvalue weighted by atomic mass is 32.2. The van der Waals surface area contributed by atoms with Gasteiger partial charge in [-0.05, 0) is 69.2 Å². The minimum Gasteiger partial charge on any atom is -0.338 e. The van der Waals surface area contributed by atoms with E-state index in [2.05, 4.69) is 0 Å². The van der Waals surface area contributed by atoms with E-state index in [1.165, 1.54) is 9.87 Å². The van der Waals surface area contributed by atoms with Crippen molar-refractivity contribution in [3.8, 4) is 0 Å². The van der Waals surface area contributed by atoms with Crippen LogP contribution in [0.4, 0.5) is 0 Å². The molecule has 0 aromatic heterocycles. The Morgan fingerprint density at radius 2 is 1.79 bits per heavy atom. The Balaban J connectivity index is 1.39. The predicted octanol–water partition coefficient (Wildman–Crippen LogP) is 1.30. The number of nitrogens with zero attached hydrogens (tertiary/aromatic N) is 3. The van der Waals surface area contributed by atoms with E-state index in [4.69, 9.17) is 0 Å². The molecule has 2 heterocycles. The number of sulfonamides is 1. The predicted molar refractivity (Wildman–Crippen MR) is 127 cm³/mol. The molecule has 3 aliphatic rings. The van der Waals surface area contributed by atoms with E-state index >= 15 is 0 Å². The highest BCUT2D eigenvalue weighted by Gasteiger charge is 2.38. The first-order valence-corrected chi connectivity index (χ1v) is 15.3. The summed E-state index contributed by atoms with van der Waals surface area (Å²) in [6, 6.07) is 4.85. The Bertz CT molecular complexity index is 1100. The van der Waals surface area contributed by atoms with Crippen LogP contribution in [0.25, 0.3) is 0 Å². The molecule has 2 saturated heterocycles. The van der Waals surface area contributed by atoms with Gasteiger partial charge in [0.1, 0.15) is 0 Å². The zero-order valence-corrected chi connectivity index (χ0v) is 21.2. The number of benzene rings is 1. The van der Waals surface area contributed by atoms with Crippen LogP contribution < -0.4 is 0 Å². The van der Waals surface area contributed by atoms with E-state index in [1.807, 2.05) is 30.9 Å². The Hall–Kier alpha value is -1.49. The van der Waals surface area contributed by atoms with Gasteiger partial charge >= 0.3 is 0 Å². The lowest BCUT2D eigenvalue weighted by Crippen LogP contribution is -2.56. The lowest BCUT2D eigenvalue weighted by molar-refractivity contribution is -0.138. The van der Waals surface area contributed by atoms with Gasteiger partial charge in [0.2, 0.25) is 15.9 Å². The minimum absolute atomic E-state index is 0.0338. The first-order chi connectivity index (χ1) is 15.6. The van der Waals surface area contributed by atoms with E-state index in [0.717, 1.165) is 31.2 Å². The number of aryl methyl sites for hydroxylation is 2. The molecule has 1 aliphatic carbocycles. The quantitative estimate of drug-likeness (QED) is 0.588. The van der Waals surface area contributed by atoms with Gasteiger partial charge in [-0.2, -0.15) is 4.31 Å². The maximum Gasteiger partial charge on any atom is 0.243 e. The molecule has 4 rings (SSSR count). The van der Waals surface area contributed by atoms with Crippen molar-refractivity contribution in [2.75, 3.05) is 44.2 Å². The third-order valence-electron chi connectivity index (χ3n) is 7.41. The van der Waals surface area contributed by atoms with Crippen molar-refractivity contribution in [1.29, 1.82) is 0 Å². The van der Waals surface area contributed by atoms with Gasteiger partial charge in [0.05, 0.1) is 22.4 Å². The summed E-state index contributed by atoms with van der Waals surface area (Å²) in [5, 5.41) is 0. The highest BCUT2D eigenvalue weighted by molar-refractivity contribution is 7.91. The van der Waals surface area contributed by atoms with Crippen molar-refractivity contribution in [2.45, 2.75) is 62.9 Å². The number of hydrogen-bond acceptors (Lipinski definition) is 6. The number of hydrogen-bond donors (Lipinski definition) is 0. The molecule has 1 aromatic carbocycles. The fourth-order valence-corrected chi connectivity index (χ4v) is 8.57. The lowest BCUT2D eigenvalue weighted by Gasteiger charge is -2.39. The number of amides is 1. The summed E-state index contributed by atoms with van der Waals surface area (Å²) in [5.74, 6) is 0.0897. The molecule has 2 fully saturated rings. The molecule has 0 unspecified atom stereocenters. The lowest BCUT2D eigenvalue weighted by atomic mass is 9.92. The smallest absolute Gasteiger partial charge is 0.243 e. The number of likely N-dealkylation sites (N-methyl/N-ethyl adjacent to an activating group) is 1. The van der Waals surface area contributed by atoms with Gasteiger partial charge in [-0.1, -0.05) is 6.07 Å². The zero-order valence-electron chi connectivity index (χ0n) is 19.6. The molecule has 10 heteroatoms. The number of carbonyl (C=O) groups is 1. The average Bonchev–Trinajstić information content (AvgIpc) is 3.17. The summed E-state index contributed by atoms with van der Waals surface area (Å²) in [5.41, 5.74) is 2.40. The molecule has 0 N–H and O–H groups in total. The van der Waals surface area contributed by atoms with Crippen molar-refractivity contribution < 1.29 is 21.6 Å². The van der Waals surface area contributed by atoms with Crippen molar-refractivity contribution >= 4 is 25.8 Å². The van der Waals surface area contributed by atoms with Gasteiger partial charge < -0.3 is 4.90 Å². The topological polar surface area (TPSA) is 95.1 Å². The highest BCUT2D eigenvalue weighted by Crippen LogP contribution is 2.27. The Labute approximate surface area is 197 Å². The second-order valence-corrected chi connectivity index (χ2v) is 13.6.